The Labute approximate surface area is 118 Å². The standard InChI is InChI=1S/C10H18N4O4S2/c1-2-14-19(15,16)6-5-13-8-3-4-10(9(11)7-8)20(12,17)18/h3-4,7,13-14H,2,5-6,11H2,1H3,(H2,12,17,18). The van der Waals surface area contributed by atoms with Gasteiger partial charge in [0.15, 0.2) is 0 Å². The molecule has 0 amide bonds. The lowest BCUT2D eigenvalue weighted by atomic mass is 10.3. The third-order valence-corrected chi connectivity index (χ3v) is 4.84. The minimum atomic E-state index is -3.86. The maximum absolute atomic E-state index is 11.4. The van der Waals surface area contributed by atoms with Crippen LogP contribution in [0.1, 0.15) is 6.92 Å². The smallest absolute Gasteiger partial charge is 0.240 e. The van der Waals surface area contributed by atoms with Gasteiger partial charge in [-0.1, -0.05) is 6.92 Å². The van der Waals surface area contributed by atoms with Crippen LogP contribution < -0.4 is 20.9 Å². The second-order valence-corrected chi connectivity index (χ2v) is 7.50. The van der Waals surface area contributed by atoms with E-state index < -0.39 is 20.0 Å². The zero-order chi connectivity index (χ0) is 15.4. The third-order valence-electron chi connectivity index (χ3n) is 2.38. The number of primary sulfonamides is 1. The molecule has 6 N–H and O–H groups in total. The number of nitrogens with two attached hydrogens (primary N) is 2. The van der Waals surface area contributed by atoms with Crippen molar-refractivity contribution < 1.29 is 16.8 Å². The summed E-state index contributed by atoms with van der Waals surface area (Å²) in [6, 6.07) is 4.13. The average molecular weight is 322 g/mol. The van der Waals surface area contributed by atoms with Gasteiger partial charge in [0.2, 0.25) is 20.0 Å². The first kappa shape index (κ1) is 16.7. The Balaban J connectivity index is 2.70. The van der Waals surface area contributed by atoms with Gasteiger partial charge in [-0.3, -0.25) is 0 Å². The summed E-state index contributed by atoms with van der Waals surface area (Å²) in [7, 11) is -7.16. The average Bonchev–Trinajstić information content (AvgIpc) is 2.26. The Bertz CT molecular complexity index is 670. The molecular formula is C10H18N4O4S2. The molecule has 1 rings (SSSR count). The minimum Gasteiger partial charge on any atom is -0.398 e. The van der Waals surface area contributed by atoms with Gasteiger partial charge in [-0.25, -0.2) is 26.7 Å². The topological polar surface area (TPSA) is 144 Å². The lowest BCUT2D eigenvalue weighted by molar-refractivity contribution is 0.584. The SMILES string of the molecule is CCNS(=O)(=O)CCNc1ccc(S(N)(=O)=O)c(N)c1. The molecule has 1 aromatic carbocycles. The van der Waals surface area contributed by atoms with E-state index in [0.717, 1.165) is 0 Å². The van der Waals surface area contributed by atoms with E-state index in [-0.39, 0.29) is 22.9 Å². The van der Waals surface area contributed by atoms with Crippen LogP contribution in [-0.2, 0) is 20.0 Å². The van der Waals surface area contributed by atoms with Crippen molar-refractivity contribution in [2.75, 3.05) is 29.9 Å². The summed E-state index contributed by atoms with van der Waals surface area (Å²) in [5, 5.41) is 7.83. The number of anilines is 2. The summed E-state index contributed by atoms with van der Waals surface area (Å²) in [5.41, 5.74) is 6.10. The second kappa shape index (κ2) is 6.39. The highest BCUT2D eigenvalue weighted by Crippen LogP contribution is 2.21. The van der Waals surface area contributed by atoms with E-state index in [4.69, 9.17) is 10.9 Å². The van der Waals surface area contributed by atoms with E-state index in [9.17, 15) is 16.8 Å². The van der Waals surface area contributed by atoms with Crippen LogP contribution in [0.4, 0.5) is 11.4 Å². The normalized spacial score (nSPS) is 12.3. The summed E-state index contributed by atoms with van der Waals surface area (Å²) in [6.07, 6.45) is 0. The van der Waals surface area contributed by atoms with Crippen LogP contribution in [0, 0.1) is 0 Å². The zero-order valence-corrected chi connectivity index (χ0v) is 12.6. The van der Waals surface area contributed by atoms with Crippen molar-refractivity contribution >= 4 is 31.4 Å². The van der Waals surface area contributed by atoms with Gasteiger partial charge in [0.05, 0.1) is 11.4 Å². The highest BCUT2D eigenvalue weighted by molar-refractivity contribution is 7.89. The minimum absolute atomic E-state index is 0.00652. The van der Waals surface area contributed by atoms with Crippen molar-refractivity contribution in [3.05, 3.63) is 18.2 Å². The number of hydrogen-bond donors (Lipinski definition) is 4. The first-order valence-corrected chi connectivity index (χ1v) is 8.99. The molecule has 0 atom stereocenters. The highest BCUT2D eigenvalue weighted by Gasteiger charge is 2.12. The number of sulfonamides is 2. The van der Waals surface area contributed by atoms with E-state index in [1.807, 2.05) is 0 Å². The van der Waals surface area contributed by atoms with E-state index >= 15 is 0 Å². The fraction of sp³-hybridized carbons (Fsp3) is 0.400. The van der Waals surface area contributed by atoms with Crippen molar-refractivity contribution in [2.24, 2.45) is 5.14 Å². The van der Waals surface area contributed by atoms with E-state index in [1.54, 1.807) is 6.92 Å². The molecule has 0 saturated carbocycles. The number of nitrogen functional groups attached to an aromatic ring is 1. The molecule has 10 heteroatoms. The summed E-state index contributed by atoms with van der Waals surface area (Å²) >= 11 is 0. The lowest BCUT2D eigenvalue weighted by Gasteiger charge is -2.10. The van der Waals surface area contributed by atoms with Crippen molar-refractivity contribution in [2.45, 2.75) is 11.8 Å². The summed E-state index contributed by atoms with van der Waals surface area (Å²) in [4.78, 5) is -0.164. The molecule has 0 unspecified atom stereocenters. The van der Waals surface area contributed by atoms with Gasteiger partial charge in [0.1, 0.15) is 4.90 Å². The first-order chi connectivity index (χ1) is 9.15. The number of hydrogen-bond acceptors (Lipinski definition) is 6. The fourth-order valence-corrected chi connectivity index (χ4v) is 3.14. The predicted octanol–water partition coefficient (Wildman–Crippen LogP) is -0.733. The summed E-state index contributed by atoms with van der Waals surface area (Å²) in [6.45, 7) is 2.19. The summed E-state index contributed by atoms with van der Waals surface area (Å²) < 4.78 is 47.5. The molecule has 0 spiro atoms. The van der Waals surface area contributed by atoms with Crippen molar-refractivity contribution in [3.63, 3.8) is 0 Å². The second-order valence-electron chi connectivity index (χ2n) is 4.04. The Hall–Kier alpha value is -1.36. The van der Waals surface area contributed by atoms with Crippen LogP contribution in [0.25, 0.3) is 0 Å². The Morgan fingerprint density at radius 1 is 1.20 bits per heavy atom. The molecule has 0 bridgehead atoms. The van der Waals surface area contributed by atoms with E-state index in [2.05, 4.69) is 10.0 Å². The van der Waals surface area contributed by atoms with Crippen LogP contribution >= 0.6 is 0 Å². The van der Waals surface area contributed by atoms with E-state index in [1.165, 1.54) is 18.2 Å². The molecule has 20 heavy (non-hydrogen) atoms. The maximum Gasteiger partial charge on any atom is 0.240 e. The van der Waals surface area contributed by atoms with Crippen molar-refractivity contribution in [1.29, 1.82) is 0 Å². The Morgan fingerprint density at radius 3 is 2.35 bits per heavy atom. The third kappa shape index (κ3) is 4.96. The van der Waals surface area contributed by atoms with Gasteiger partial charge in [-0.05, 0) is 18.2 Å². The number of benzene rings is 1. The molecular weight excluding hydrogens is 304 g/mol. The van der Waals surface area contributed by atoms with Crippen LogP contribution in [0.2, 0.25) is 0 Å². The van der Waals surface area contributed by atoms with E-state index in [0.29, 0.717) is 12.2 Å². The van der Waals surface area contributed by atoms with Gasteiger partial charge in [-0.15, -0.1) is 0 Å². The Kier molecular flexibility index (Phi) is 5.34. The van der Waals surface area contributed by atoms with Crippen molar-refractivity contribution in [3.8, 4) is 0 Å². The monoisotopic (exact) mass is 322 g/mol. The van der Waals surface area contributed by atoms with Crippen LogP contribution in [0.3, 0.4) is 0 Å². The van der Waals surface area contributed by atoms with Crippen LogP contribution in [-0.4, -0.2) is 35.7 Å². The van der Waals surface area contributed by atoms with Gasteiger partial charge in [0, 0.05) is 18.8 Å². The van der Waals surface area contributed by atoms with Gasteiger partial charge >= 0.3 is 0 Å². The molecule has 0 aliphatic carbocycles. The zero-order valence-electron chi connectivity index (χ0n) is 11.0. The molecule has 1 aromatic rings. The van der Waals surface area contributed by atoms with Gasteiger partial charge in [-0.2, -0.15) is 0 Å². The lowest BCUT2D eigenvalue weighted by Crippen LogP contribution is -2.29. The first-order valence-electron chi connectivity index (χ1n) is 5.79. The Morgan fingerprint density at radius 2 is 1.85 bits per heavy atom. The molecule has 0 aliphatic heterocycles. The summed E-state index contributed by atoms with van der Waals surface area (Å²) in [5.74, 6) is -0.0995. The molecule has 0 fully saturated rings. The molecule has 0 aliphatic rings. The van der Waals surface area contributed by atoms with Crippen LogP contribution in [0.15, 0.2) is 23.1 Å². The molecule has 0 aromatic heterocycles. The largest absolute Gasteiger partial charge is 0.398 e. The molecule has 8 nitrogen and oxygen atoms in total. The maximum atomic E-state index is 11.4. The molecule has 0 radical (unpaired) electrons. The van der Waals surface area contributed by atoms with Gasteiger partial charge < -0.3 is 11.1 Å². The predicted molar refractivity (Wildman–Crippen MR) is 78.2 cm³/mol. The quantitative estimate of drug-likeness (QED) is 0.487. The highest BCUT2D eigenvalue weighted by atomic mass is 32.2. The molecule has 114 valence electrons. The van der Waals surface area contributed by atoms with Crippen molar-refractivity contribution in [1.82, 2.24) is 4.72 Å². The number of nitrogens with one attached hydrogen (secondary N) is 2. The molecule has 0 heterocycles. The fourth-order valence-electron chi connectivity index (χ4n) is 1.54. The molecule has 0 saturated heterocycles. The van der Waals surface area contributed by atoms with Gasteiger partial charge in [0.25, 0.3) is 0 Å². The number of rotatable bonds is 7. The van der Waals surface area contributed by atoms with Crippen LogP contribution in [0.5, 0.6) is 0 Å².